The summed E-state index contributed by atoms with van der Waals surface area (Å²) in [5.41, 5.74) is 6.53. The van der Waals surface area contributed by atoms with Crippen LogP contribution in [0.2, 0.25) is 0 Å². The maximum Gasteiger partial charge on any atom is 0.226 e. The van der Waals surface area contributed by atoms with Crippen molar-refractivity contribution >= 4 is 11.6 Å². The van der Waals surface area contributed by atoms with Crippen LogP contribution >= 0.6 is 0 Å². The number of nitrogens with zero attached hydrogens (tertiary/aromatic N) is 1. The van der Waals surface area contributed by atoms with Crippen LogP contribution < -0.4 is 10.6 Å². The Hall–Kier alpha value is -1.42. The first kappa shape index (κ1) is 17.6. The molecule has 0 fully saturated rings. The first-order chi connectivity index (χ1) is 9.75. The molecule has 0 spiro atoms. The fourth-order valence-corrected chi connectivity index (χ4v) is 2.49. The summed E-state index contributed by atoms with van der Waals surface area (Å²) in [4.78, 5) is 13.8. The van der Waals surface area contributed by atoms with E-state index in [0.717, 1.165) is 12.8 Å². The number of anilines is 1. The average Bonchev–Trinajstić information content (AvgIpc) is 2.42. The Labute approximate surface area is 127 Å². The number of carbonyl (C=O) groups is 1. The van der Waals surface area contributed by atoms with Crippen molar-refractivity contribution in [3.63, 3.8) is 0 Å². The number of hydrogen-bond donors (Lipinski definition) is 1. The van der Waals surface area contributed by atoms with Gasteiger partial charge in [-0.1, -0.05) is 20.8 Å². The van der Waals surface area contributed by atoms with E-state index in [4.69, 9.17) is 5.73 Å². The van der Waals surface area contributed by atoms with Gasteiger partial charge >= 0.3 is 0 Å². The second kappa shape index (κ2) is 7.55. The first-order valence-corrected chi connectivity index (χ1v) is 7.48. The van der Waals surface area contributed by atoms with Gasteiger partial charge in [-0.15, -0.1) is 0 Å². The molecule has 0 saturated carbocycles. The van der Waals surface area contributed by atoms with E-state index in [1.807, 2.05) is 0 Å². The van der Waals surface area contributed by atoms with Gasteiger partial charge in [0.25, 0.3) is 0 Å². The summed E-state index contributed by atoms with van der Waals surface area (Å²) >= 11 is 0. The van der Waals surface area contributed by atoms with Crippen molar-refractivity contribution in [2.24, 2.45) is 17.1 Å². The number of hydrogen-bond acceptors (Lipinski definition) is 2. The van der Waals surface area contributed by atoms with Gasteiger partial charge in [0.1, 0.15) is 5.82 Å². The van der Waals surface area contributed by atoms with Crippen LogP contribution in [0.25, 0.3) is 0 Å². The third-order valence-electron chi connectivity index (χ3n) is 4.03. The fraction of sp³-hybridized carbons (Fsp3) is 0.588. The van der Waals surface area contributed by atoms with Crippen LogP contribution in [0.15, 0.2) is 24.3 Å². The monoisotopic (exact) mass is 294 g/mol. The van der Waals surface area contributed by atoms with E-state index in [1.165, 1.54) is 12.1 Å². The highest BCUT2D eigenvalue weighted by Gasteiger charge is 2.25. The molecule has 3 nitrogen and oxygen atoms in total. The van der Waals surface area contributed by atoms with E-state index in [2.05, 4.69) is 20.8 Å². The molecule has 0 aliphatic heterocycles. The molecule has 21 heavy (non-hydrogen) atoms. The van der Waals surface area contributed by atoms with E-state index < -0.39 is 0 Å². The van der Waals surface area contributed by atoms with Gasteiger partial charge in [-0.2, -0.15) is 0 Å². The summed E-state index contributed by atoms with van der Waals surface area (Å²) in [6.45, 7) is 7.19. The number of halogens is 1. The van der Waals surface area contributed by atoms with E-state index in [1.54, 1.807) is 24.1 Å². The molecule has 1 aromatic rings. The number of rotatable bonds is 6. The molecular weight excluding hydrogens is 267 g/mol. The van der Waals surface area contributed by atoms with Crippen molar-refractivity contribution in [3.05, 3.63) is 30.1 Å². The van der Waals surface area contributed by atoms with E-state index >= 15 is 0 Å². The zero-order valence-electron chi connectivity index (χ0n) is 13.5. The van der Waals surface area contributed by atoms with Crippen molar-refractivity contribution in [2.45, 2.75) is 40.0 Å². The lowest BCUT2D eigenvalue weighted by molar-refractivity contribution is -0.118. The van der Waals surface area contributed by atoms with Gasteiger partial charge in [0.2, 0.25) is 5.91 Å². The standard InChI is InChI=1S/C17H27FN2O/c1-17(2,3)13(11-12-19)5-10-16(21)20(4)15-8-6-14(18)7-9-15/h6-9,13H,5,10-12,19H2,1-4H3. The molecule has 0 aliphatic carbocycles. The number of nitrogens with two attached hydrogens (primary N) is 1. The molecule has 118 valence electrons. The third-order valence-corrected chi connectivity index (χ3v) is 4.03. The summed E-state index contributed by atoms with van der Waals surface area (Å²) in [5, 5.41) is 0. The van der Waals surface area contributed by atoms with Gasteiger partial charge < -0.3 is 10.6 Å². The Morgan fingerprint density at radius 2 is 1.81 bits per heavy atom. The van der Waals surface area contributed by atoms with Crippen molar-refractivity contribution in [3.8, 4) is 0 Å². The van der Waals surface area contributed by atoms with Crippen LogP contribution in [-0.2, 0) is 4.79 Å². The van der Waals surface area contributed by atoms with Crippen molar-refractivity contribution in [1.29, 1.82) is 0 Å². The Kier molecular flexibility index (Phi) is 6.34. The molecule has 1 unspecified atom stereocenters. The molecule has 1 atom stereocenters. The van der Waals surface area contributed by atoms with Crippen molar-refractivity contribution in [1.82, 2.24) is 0 Å². The van der Waals surface area contributed by atoms with Crippen molar-refractivity contribution in [2.75, 3.05) is 18.5 Å². The number of benzene rings is 1. The largest absolute Gasteiger partial charge is 0.330 e. The van der Waals surface area contributed by atoms with Gasteiger partial charge in [0, 0.05) is 19.2 Å². The highest BCUT2D eigenvalue weighted by molar-refractivity contribution is 5.92. The highest BCUT2D eigenvalue weighted by atomic mass is 19.1. The predicted octanol–water partition coefficient (Wildman–Crippen LogP) is 3.58. The summed E-state index contributed by atoms with van der Waals surface area (Å²) in [5.74, 6) is 0.177. The molecule has 0 bridgehead atoms. The topological polar surface area (TPSA) is 46.3 Å². The minimum atomic E-state index is -0.296. The zero-order valence-corrected chi connectivity index (χ0v) is 13.5. The number of carbonyl (C=O) groups excluding carboxylic acids is 1. The normalized spacial score (nSPS) is 13.0. The zero-order chi connectivity index (χ0) is 16.0. The van der Waals surface area contributed by atoms with Gasteiger partial charge in [-0.05, 0) is 55.0 Å². The summed E-state index contributed by atoms with van der Waals surface area (Å²) in [6.07, 6.45) is 2.23. The van der Waals surface area contributed by atoms with Gasteiger partial charge in [-0.25, -0.2) is 4.39 Å². The predicted molar refractivity (Wildman–Crippen MR) is 85.7 cm³/mol. The molecule has 0 heterocycles. The van der Waals surface area contributed by atoms with Crippen LogP contribution in [0.3, 0.4) is 0 Å². The molecule has 0 aromatic heterocycles. The van der Waals surface area contributed by atoms with Crippen LogP contribution in [0.5, 0.6) is 0 Å². The molecule has 1 amide bonds. The Bertz CT molecular complexity index is 451. The lowest BCUT2D eigenvalue weighted by Crippen LogP contribution is -2.29. The quantitative estimate of drug-likeness (QED) is 0.871. The summed E-state index contributed by atoms with van der Waals surface area (Å²) in [7, 11) is 1.73. The van der Waals surface area contributed by atoms with E-state index in [0.29, 0.717) is 24.6 Å². The van der Waals surface area contributed by atoms with Crippen LogP contribution in [0.4, 0.5) is 10.1 Å². The van der Waals surface area contributed by atoms with Crippen LogP contribution in [0.1, 0.15) is 40.0 Å². The highest BCUT2D eigenvalue weighted by Crippen LogP contribution is 2.32. The number of amides is 1. The Morgan fingerprint density at radius 3 is 2.29 bits per heavy atom. The van der Waals surface area contributed by atoms with E-state index in [-0.39, 0.29) is 17.1 Å². The first-order valence-electron chi connectivity index (χ1n) is 7.48. The summed E-state index contributed by atoms with van der Waals surface area (Å²) in [6, 6.07) is 5.97. The SMILES string of the molecule is CN(C(=O)CCC(CCN)C(C)(C)C)c1ccc(F)cc1. The van der Waals surface area contributed by atoms with Crippen molar-refractivity contribution < 1.29 is 9.18 Å². The fourth-order valence-electron chi connectivity index (χ4n) is 2.49. The molecule has 4 heteroatoms. The summed E-state index contributed by atoms with van der Waals surface area (Å²) < 4.78 is 12.9. The van der Waals surface area contributed by atoms with E-state index in [9.17, 15) is 9.18 Å². The molecule has 0 radical (unpaired) electrons. The lowest BCUT2D eigenvalue weighted by atomic mass is 9.76. The second-order valence-electron chi connectivity index (χ2n) is 6.61. The third kappa shape index (κ3) is 5.46. The van der Waals surface area contributed by atoms with Gasteiger partial charge in [0.15, 0.2) is 0 Å². The Balaban J connectivity index is 2.61. The smallest absolute Gasteiger partial charge is 0.226 e. The molecule has 0 saturated heterocycles. The Morgan fingerprint density at radius 1 is 1.24 bits per heavy atom. The van der Waals surface area contributed by atoms with Crippen LogP contribution in [-0.4, -0.2) is 19.5 Å². The maximum absolute atomic E-state index is 12.9. The molecule has 0 aliphatic rings. The molecule has 1 rings (SSSR count). The molecular formula is C17H27FN2O. The minimum absolute atomic E-state index is 0.0490. The molecule has 2 N–H and O–H groups in total. The van der Waals surface area contributed by atoms with Crippen LogP contribution in [0, 0.1) is 17.2 Å². The molecule has 1 aromatic carbocycles. The van der Waals surface area contributed by atoms with Gasteiger partial charge in [-0.3, -0.25) is 4.79 Å². The lowest BCUT2D eigenvalue weighted by Gasteiger charge is -2.31. The minimum Gasteiger partial charge on any atom is -0.330 e. The van der Waals surface area contributed by atoms with Gasteiger partial charge in [0.05, 0.1) is 0 Å². The average molecular weight is 294 g/mol. The second-order valence-corrected chi connectivity index (χ2v) is 6.61. The maximum atomic E-state index is 12.9.